The van der Waals surface area contributed by atoms with Crippen LogP contribution in [0.1, 0.15) is 132 Å². The molecule has 0 saturated heterocycles. The van der Waals surface area contributed by atoms with Crippen molar-refractivity contribution in [2.45, 2.75) is 99.3 Å². The molecule has 0 radical (unpaired) electrons. The Balaban J connectivity index is 0.000000303. The molecule has 2 aliphatic rings. The number of allylic oxidation sites excluding steroid dienone is 9. The number of benzene rings is 3. The highest BCUT2D eigenvalue weighted by atomic mass is 16.4. The van der Waals surface area contributed by atoms with Crippen LogP contribution in [0.25, 0.3) is 12.2 Å². The maximum atomic E-state index is 11.0. The summed E-state index contributed by atoms with van der Waals surface area (Å²) in [5.41, 5.74) is 11.4. The molecular formula is C50H58O4. The van der Waals surface area contributed by atoms with E-state index in [9.17, 15) is 9.59 Å². The highest BCUT2D eigenvalue weighted by Gasteiger charge is 2.32. The molecule has 2 N–H and O–H groups in total. The van der Waals surface area contributed by atoms with Gasteiger partial charge in [-0.2, -0.15) is 0 Å². The van der Waals surface area contributed by atoms with E-state index in [4.69, 9.17) is 10.2 Å². The first-order valence-corrected chi connectivity index (χ1v) is 18.5. The lowest BCUT2D eigenvalue weighted by molar-refractivity contribution is -0.131. The summed E-state index contributed by atoms with van der Waals surface area (Å²) in [6, 6.07) is 23.8. The van der Waals surface area contributed by atoms with E-state index in [1.54, 1.807) is 25.1 Å². The minimum atomic E-state index is -0.912. The molecule has 0 spiro atoms. The summed E-state index contributed by atoms with van der Waals surface area (Å²) < 4.78 is 0. The molecule has 1 atom stereocenters. The number of hydrogen-bond donors (Lipinski definition) is 2. The third kappa shape index (κ3) is 12.6. The largest absolute Gasteiger partial charge is 0.478 e. The van der Waals surface area contributed by atoms with Crippen LogP contribution in [0.3, 0.4) is 0 Å². The van der Waals surface area contributed by atoms with Crippen molar-refractivity contribution in [3.05, 3.63) is 165 Å². The highest BCUT2D eigenvalue weighted by Crippen LogP contribution is 2.43. The van der Waals surface area contributed by atoms with Crippen molar-refractivity contribution in [1.29, 1.82) is 0 Å². The molecule has 282 valence electrons. The van der Waals surface area contributed by atoms with Gasteiger partial charge in [0.2, 0.25) is 0 Å². The van der Waals surface area contributed by atoms with E-state index < -0.39 is 11.9 Å². The normalized spacial score (nSPS) is 17.9. The van der Waals surface area contributed by atoms with Gasteiger partial charge >= 0.3 is 11.9 Å². The van der Waals surface area contributed by atoms with E-state index >= 15 is 0 Å². The van der Waals surface area contributed by atoms with Crippen LogP contribution in [-0.4, -0.2) is 22.2 Å². The van der Waals surface area contributed by atoms with Gasteiger partial charge in [-0.15, -0.1) is 0 Å². The molecule has 0 fully saturated rings. The molecule has 0 saturated carbocycles. The Bertz CT molecular complexity index is 2020. The van der Waals surface area contributed by atoms with E-state index in [-0.39, 0.29) is 24.2 Å². The molecular weight excluding hydrogens is 665 g/mol. The molecule has 3 aromatic carbocycles. The molecule has 2 aliphatic carbocycles. The number of fused-ring (bicyclic) bond motifs is 1. The molecule has 54 heavy (non-hydrogen) atoms. The maximum Gasteiger partial charge on any atom is 0.335 e. The second-order valence-corrected chi connectivity index (χ2v) is 15.5. The Morgan fingerprint density at radius 2 is 1.46 bits per heavy atom. The topological polar surface area (TPSA) is 74.6 Å². The number of hydrogen-bond acceptors (Lipinski definition) is 2. The van der Waals surface area contributed by atoms with Crippen LogP contribution in [0.2, 0.25) is 0 Å². The molecule has 5 rings (SSSR count). The summed E-state index contributed by atoms with van der Waals surface area (Å²) >= 11 is 0. The fourth-order valence-electron chi connectivity index (χ4n) is 7.03. The van der Waals surface area contributed by atoms with Gasteiger partial charge in [0.1, 0.15) is 0 Å². The molecule has 1 unspecified atom stereocenters. The number of carbonyl (C=O) groups is 2. The second kappa shape index (κ2) is 19.6. The fraction of sp³-hybridized carbons (Fsp3) is 0.320. The Kier molecular flexibility index (Phi) is 15.6. The quantitative estimate of drug-likeness (QED) is 0.105. The van der Waals surface area contributed by atoms with Gasteiger partial charge in [-0.3, -0.25) is 0 Å². The van der Waals surface area contributed by atoms with Gasteiger partial charge < -0.3 is 10.2 Å². The van der Waals surface area contributed by atoms with Crippen LogP contribution < -0.4 is 0 Å². The Morgan fingerprint density at radius 3 is 2.11 bits per heavy atom. The summed E-state index contributed by atoms with van der Waals surface area (Å²) in [7, 11) is 0. The summed E-state index contributed by atoms with van der Waals surface area (Å²) in [6.07, 6.45) is 21.3. The Labute approximate surface area is 324 Å². The summed E-state index contributed by atoms with van der Waals surface area (Å²) in [5, 5.41) is 17.7. The SMILES string of the molecule is C.CC1(C)CCC(C#Cc2ccccc2)c2cc(/C=C/c3ccc(C(=O)O)cc3)ccc21.CC1=C(/C=C/C(C)=C/C=C/C(C)=C/C(=O)O)C(C)(C)CCC1. The summed E-state index contributed by atoms with van der Waals surface area (Å²) in [5.74, 6) is 5.29. The highest BCUT2D eigenvalue weighted by molar-refractivity contribution is 5.88. The molecule has 4 nitrogen and oxygen atoms in total. The molecule has 0 aliphatic heterocycles. The van der Waals surface area contributed by atoms with Crippen molar-refractivity contribution in [1.82, 2.24) is 0 Å². The zero-order valence-corrected chi connectivity index (χ0v) is 32.4. The van der Waals surface area contributed by atoms with Gasteiger partial charge in [0.05, 0.1) is 5.56 Å². The van der Waals surface area contributed by atoms with E-state index in [0.29, 0.717) is 5.56 Å². The summed E-state index contributed by atoms with van der Waals surface area (Å²) in [6.45, 7) is 15.3. The molecule has 0 aromatic heterocycles. The lowest BCUT2D eigenvalue weighted by atomic mass is 9.68. The lowest BCUT2D eigenvalue weighted by Gasteiger charge is -2.35. The molecule has 3 aromatic rings. The van der Waals surface area contributed by atoms with E-state index in [1.165, 1.54) is 47.6 Å². The fourth-order valence-corrected chi connectivity index (χ4v) is 7.03. The first kappa shape index (κ1) is 43.0. The van der Waals surface area contributed by atoms with Crippen molar-refractivity contribution in [3.8, 4) is 11.8 Å². The molecule has 0 bridgehead atoms. The summed E-state index contributed by atoms with van der Waals surface area (Å²) in [4.78, 5) is 21.6. The monoisotopic (exact) mass is 722 g/mol. The van der Waals surface area contributed by atoms with Gasteiger partial charge in [-0.05, 0) is 121 Å². The Hall–Kier alpha value is -5.40. The first-order chi connectivity index (χ1) is 25.1. The average Bonchev–Trinajstić information content (AvgIpc) is 3.10. The van der Waals surface area contributed by atoms with Crippen LogP contribution in [0.5, 0.6) is 0 Å². The zero-order valence-electron chi connectivity index (χ0n) is 32.4. The van der Waals surface area contributed by atoms with Gasteiger partial charge in [0.15, 0.2) is 0 Å². The Morgan fingerprint density at radius 1 is 0.796 bits per heavy atom. The first-order valence-electron chi connectivity index (χ1n) is 18.5. The third-order valence-corrected chi connectivity index (χ3v) is 10.2. The van der Waals surface area contributed by atoms with Crippen LogP contribution in [0, 0.1) is 17.3 Å². The van der Waals surface area contributed by atoms with Crippen molar-refractivity contribution in [2.24, 2.45) is 5.41 Å². The van der Waals surface area contributed by atoms with E-state index in [2.05, 4.69) is 102 Å². The van der Waals surface area contributed by atoms with Gasteiger partial charge in [0, 0.05) is 17.6 Å². The van der Waals surface area contributed by atoms with Crippen molar-refractivity contribution >= 4 is 24.1 Å². The van der Waals surface area contributed by atoms with Gasteiger partial charge in [-0.1, -0.05) is 149 Å². The minimum Gasteiger partial charge on any atom is -0.478 e. The zero-order chi connectivity index (χ0) is 38.6. The van der Waals surface area contributed by atoms with Crippen LogP contribution in [0.15, 0.2) is 132 Å². The number of aromatic carboxylic acids is 1. The standard InChI is InChI=1S/C29H26O2.C20H28O2.CH4/c1-29(2)19-18-24(14-10-21-6-4-3-5-7-21)26-20-23(13-17-27(26)29)9-8-22-11-15-25(16-12-22)28(30)31;1-15(8-6-9-16(2)14-19(21)22)11-12-18-17(3)10-7-13-20(18,4)5;/h3-9,11-13,15-17,20,24H,18-19H2,1-2H3,(H,30,31);6,8-9,11-12,14H,7,10,13H2,1-5H3,(H,21,22);1H4/b9-8+;9-6+,12-11+,15-8+,16-14+;. The van der Waals surface area contributed by atoms with Crippen molar-refractivity contribution in [3.63, 3.8) is 0 Å². The predicted molar refractivity (Wildman–Crippen MR) is 228 cm³/mol. The third-order valence-electron chi connectivity index (χ3n) is 10.2. The maximum absolute atomic E-state index is 11.0. The van der Waals surface area contributed by atoms with Crippen molar-refractivity contribution < 1.29 is 19.8 Å². The van der Waals surface area contributed by atoms with Crippen LogP contribution in [-0.2, 0) is 10.2 Å². The average molecular weight is 723 g/mol. The smallest absolute Gasteiger partial charge is 0.335 e. The van der Waals surface area contributed by atoms with E-state index in [1.807, 2.05) is 48.6 Å². The molecule has 0 heterocycles. The van der Waals surface area contributed by atoms with Crippen molar-refractivity contribution in [2.75, 3.05) is 0 Å². The number of carboxylic acid groups (broad SMARTS) is 2. The number of aliphatic carboxylic acids is 1. The molecule has 0 amide bonds. The lowest BCUT2D eigenvalue weighted by Crippen LogP contribution is -2.26. The number of rotatable bonds is 8. The predicted octanol–water partition coefficient (Wildman–Crippen LogP) is 13.0. The molecule has 4 heteroatoms. The van der Waals surface area contributed by atoms with Gasteiger partial charge in [0.25, 0.3) is 0 Å². The minimum absolute atomic E-state index is 0. The van der Waals surface area contributed by atoms with Gasteiger partial charge in [-0.25, -0.2) is 9.59 Å². The van der Waals surface area contributed by atoms with E-state index in [0.717, 1.165) is 40.7 Å². The number of carboxylic acids is 2. The van der Waals surface area contributed by atoms with Crippen LogP contribution >= 0.6 is 0 Å². The second-order valence-electron chi connectivity index (χ2n) is 15.5. The van der Waals surface area contributed by atoms with Crippen LogP contribution in [0.4, 0.5) is 0 Å².